The molecule has 0 aromatic heterocycles. The first-order valence-corrected chi connectivity index (χ1v) is 6.72. The predicted octanol–water partition coefficient (Wildman–Crippen LogP) is 1.68. The summed E-state index contributed by atoms with van der Waals surface area (Å²) in [7, 11) is 0. The van der Waals surface area contributed by atoms with Gasteiger partial charge in [-0.1, -0.05) is 37.6 Å². The number of ether oxygens (including phenoxy) is 1. The summed E-state index contributed by atoms with van der Waals surface area (Å²) in [5.74, 6) is -0.850. The Hall–Kier alpha value is -1.68. The quantitative estimate of drug-likeness (QED) is 0.612. The van der Waals surface area contributed by atoms with Crippen molar-refractivity contribution in [2.24, 2.45) is 0 Å². The van der Waals surface area contributed by atoms with Crippen molar-refractivity contribution in [3.63, 3.8) is 0 Å². The van der Waals surface area contributed by atoms with Gasteiger partial charge in [0.2, 0.25) is 5.78 Å². The molecule has 102 valence electrons. The molecule has 2 rings (SSSR count). The molecule has 0 unspecified atom stereocenters. The molecule has 1 amide bonds. The number of carbonyl (C=O) groups is 2. The van der Waals surface area contributed by atoms with Crippen molar-refractivity contribution < 1.29 is 14.3 Å². The zero-order chi connectivity index (χ0) is 13.7. The average molecular weight is 261 g/mol. The molecular formula is C15H19NO3. The van der Waals surface area contributed by atoms with E-state index in [1.807, 2.05) is 12.1 Å². The predicted molar refractivity (Wildman–Crippen MR) is 72.2 cm³/mol. The van der Waals surface area contributed by atoms with Crippen LogP contribution in [0.25, 0.3) is 0 Å². The van der Waals surface area contributed by atoms with Crippen LogP contribution in [0, 0.1) is 0 Å². The van der Waals surface area contributed by atoms with Gasteiger partial charge in [0.25, 0.3) is 5.91 Å². The molecule has 1 aliphatic rings. The third kappa shape index (κ3) is 3.41. The molecule has 0 bridgehead atoms. The van der Waals surface area contributed by atoms with Crippen molar-refractivity contribution in [3.8, 4) is 0 Å². The van der Waals surface area contributed by atoms with Gasteiger partial charge in [0.15, 0.2) is 0 Å². The fraction of sp³-hybridized carbons (Fsp3) is 0.467. The van der Waals surface area contributed by atoms with Gasteiger partial charge in [-0.2, -0.15) is 0 Å². The van der Waals surface area contributed by atoms with E-state index >= 15 is 0 Å². The Morgan fingerprint density at radius 3 is 2.37 bits per heavy atom. The lowest BCUT2D eigenvalue weighted by atomic mass is 10.0. The third-order valence-corrected chi connectivity index (χ3v) is 3.25. The Balaban J connectivity index is 2.03. The second-order valence-electron chi connectivity index (χ2n) is 4.68. The first kappa shape index (κ1) is 13.7. The van der Waals surface area contributed by atoms with E-state index in [-0.39, 0.29) is 0 Å². The maximum Gasteiger partial charge on any atom is 0.295 e. The van der Waals surface area contributed by atoms with Gasteiger partial charge in [-0.05, 0) is 12.0 Å². The van der Waals surface area contributed by atoms with Crippen molar-refractivity contribution in [3.05, 3.63) is 35.4 Å². The van der Waals surface area contributed by atoms with Crippen molar-refractivity contribution >= 4 is 11.7 Å². The van der Waals surface area contributed by atoms with Gasteiger partial charge in [-0.3, -0.25) is 9.59 Å². The van der Waals surface area contributed by atoms with Crippen LogP contribution >= 0.6 is 0 Å². The number of aryl methyl sites for hydroxylation is 1. The SMILES string of the molecule is CCCc1ccc(C(=O)C(=O)N2CCOCC2)cc1. The maximum absolute atomic E-state index is 12.1. The summed E-state index contributed by atoms with van der Waals surface area (Å²) in [6.45, 7) is 4.13. The zero-order valence-electron chi connectivity index (χ0n) is 11.2. The van der Waals surface area contributed by atoms with Crippen LogP contribution in [0.4, 0.5) is 0 Å². The molecule has 1 aliphatic heterocycles. The summed E-state index contributed by atoms with van der Waals surface area (Å²) in [6.07, 6.45) is 2.06. The van der Waals surface area contributed by atoms with E-state index in [9.17, 15) is 9.59 Å². The standard InChI is InChI=1S/C15H19NO3/c1-2-3-12-4-6-13(7-5-12)14(17)15(18)16-8-10-19-11-9-16/h4-7H,2-3,8-11H2,1H3. The minimum Gasteiger partial charge on any atom is -0.378 e. The summed E-state index contributed by atoms with van der Waals surface area (Å²) in [6, 6.07) is 7.32. The Kier molecular flexibility index (Phi) is 4.68. The van der Waals surface area contributed by atoms with Gasteiger partial charge in [-0.15, -0.1) is 0 Å². The second kappa shape index (κ2) is 6.48. The van der Waals surface area contributed by atoms with E-state index in [4.69, 9.17) is 4.74 Å². The van der Waals surface area contributed by atoms with Crippen LogP contribution in [0.15, 0.2) is 24.3 Å². The van der Waals surface area contributed by atoms with Crippen LogP contribution in [0.1, 0.15) is 29.3 Å². The highest BCUT2D eigenvalue weighted by molar-refractivity contribution is 6.42. The number of rotatable bonds is 4. The van der Waals surface area contributed by atoms with Gasteiger partial charge < -0.3 is 9.64 Å². The van der Waals surface area contributed by atoms with Gasteiger partial charge in [0, 0.05) is 18.7 Å². The third-order valence-electron chi connectivity index (χ3n) is 3.25. The summed E-state index contributed by atoms with van der Waals surface area (Å²) in [4.78, 5) is 25.7. The van der Waals surface area contributed by atoms with E-state index in [2.05, 4.69) is 6.92 Å². The first-order chi connectivity index (χ1) is 9.22. The summed E-state index contributed by atoms with van der Waals surface area (Å²) >= 11 is 0. The van der Waals surface area contributed by atoms with E-state index in [0.717, 1.165) is 12.8 Å². The van der Waals surface area contributed by atoms with Crippen LogP contribution in [-0.4, -0.2) is 42.9 Å². The lowest BCUT2D eigenvalue weighted by molar-refractivity contribution is -0.130. The smallest absolute Gasteiger partial charge is 0.295 e. The lowest BCUT2D eigenvalue weighted by Gasteiger charge is -2.26. The number of benzene rings is 1. The number of ketones is 1. The molecule has 0 saturated carbocycles. The zero-order valence-corrected chi connectivity index (χ0v) is 11.2. The van der Waals surface area contributed by atoms with E-state index < -0.39 is 11.7 Å². The van der Waals surface area contributed by atoms with E-state index in [1.165, 1.54) is 5.56 Å². The minimum atomic E-state index is -0.426. The summed E-state index contributed by atoms with van der Waals surface area (Å²) < 4.78 is 5.17. The lowest BCUT2D eigenvalue weighted by Crippen LogP contribution is -2.44. The van der Waals surface area contributed by atoms with Crippen molar-refractivity contribution in [2.75, 3.05) is 26.3 Å². The normalized spacial score (nSPS) is 15.3. The highest BCUT2D eigenvalue weighted by Crippen LogP contribution is 2.09. The number of hydrogen-bond donors (Lipinski definition) is 0. The monoisotopic (exact) mass is 261 g/mol. The number of nitrogens with zero attached hydrogens (tertiary/aromatic N) is 1. The highest BCUT2D eigenvalue weighted by Gasteiger charge is 2.24. The van der Waals surface area contributed by atoms with Gasteiger partial charge in [0.1, 0.15) is 0 Å². The van der Waals surface area contributed by atoms with Crippen molar-refractivity contribution in [1.82, 2.24) is 4.90 Å². The molecule has 1 aromatic carbocycles. The molecule has 1 saturated heterocycles. The fourth-order valence-electron chi connectivity index (χ4n) is 2.14. The molecule has 0 radical (unpaired) electrons. The molecule has 0 spiro atoms. The molecule has 1 heterocycles. The Labute approximate surface area is 113 Å². The van der Waals surface area contributed by atoms with Crippen LogP contribution in [0.2, 0.25) is 0 Å². The molecule has 0 atom stereocenters. The Bertz CT molecular complexity index is 447. The topological polar surface area (TPSA) is 46.6 Å². The van der Waals surface area contributed by atoms with Crippen molar-refractivity contribution in [1.29, 1.82) is 0 Å². The molecule has 1 fully saturated rings. The van der Waals surface area contributed by atoms with Crippen LogP contribution in [0.3, 0.4) is 0 Å². The average Bonchev–Trinajstić information content (AvgIpc) is 2.48. The van der Waals surface area contributed by atoms with E-state index in [0.29, 0.717) is 31.9 Å². The number of hydrogen-bond acceptors (Lipinski definition) is 3. The molecule has 0 N–H and O–H groups in total. The largest absolute Gasteiger partial charge is 0.378 e. The molecule has 19 heavy (non-hydrogen) atoms. The molecule has 1 aromatic rings. The first-order valence-electron chi connectivity index (χ1n) is 6.72. The molecule has 0 aliphatic carbocycles. The number of Topliss-reactive ketones (excluding diaryl/α,β-unsaturated/α-hetero) is 1. The summed E-state index contributed by atoms with van der Waals surface area (Å²) in [5, 5.41) is 0. The van der Waals surface area contributed by atoms with Crippen LogP contribution < -0.4 is 0 Å². The van der Waals surface area contributed by atoms with Gasteiger partial charge in [0.05, 0.1) is 13.2 Å². The Morgan fingerprint density at radius 2 is 1.79 bits per heavy atom. The maximum atomic E-state index is 12.1. The fourth-order valence-corrected chi connectivity index (χ4v) is 2.14. The Morgan fingerprint density at radius 1 is 1.16 bits per heavy atom. The highest BCUT2D eigenvalue weighted by atomic mass is 16.5. The molecular weight excluding hydrogens is 242 g/mol. The van der Waals surface area contributed by atoms with Gasteiger partial charge in [-0.25, -0.2) is 0 Å². The minimum absolute atomic E-state index is 0.424. The van der Waals surface area contributed by atoms with E-state index in [1.54, 1.807) is 17.0 Å². The van der Waals surface area contributed by atoms with Gasteiger partial charge >= 0.3 is 0 Å². The molecule has 4 heteroatoms. The second-order valence-corrected chi connectivity index (χ2v) is 4.68. The number of amides is 1. The van der Waals surface area contributed by atoms with Crippen LogP contribution in [-0.2, 0) is 16.0 Å². The summed E-state index contributed by atoms with van der Waals surface area (Å²) in [5.41, 5.74) is 1.66. The number of carbonyl (C=O) groups excluding carboxylic acids is 2. The van der Waals surface area contributed by atoms with Crippen LogP contribution in [0.5, 0.6) is 0 Å². The molecule has 4 nitrogen and oxygen atoms in total. The number of morpholine rings is 1. The van der Waals surface area contributed by atoms with Crippen molar-refractivity contribution in [2.45, 2.75) is 19.8 Å².